The Balaban J connectivity index is 1.06. The molecular weight excluding hydrogens is 556 g/mol. The molecule has 2 aromatic rings. The average Bonchev–Trinajstić information content (AvgIpc) is 2.99. The molecule has 234 valence electrons. The molecule has 14 heteroatoms. The summed E-state index contributed by atoms with van der Waals surface area (Å²) < 4.78 is 11.1. The number of anilines is 2. The van der Waals surface area contributed by atoms with Crippen LogP contribution in [0.5, 0.6) is 0 Å². The van der Waals surface area contributed by atoms with E-state index in [-0.39, 0.29) is 23.9 Å². The maximum Gasteiger partial charge on any atom is 0.338 e. The predicted molar refractivity (Wildman–Crippen MR) is 158 cm³/mol. The zero-order valence-electron chi connectivity index (χ0n) is 25.3. The molecule has 2 fully saturated rings. The number of piperazine rings is 2. The van der Waals surface area contributed by atoms with Gasteiger partial charge in [-0.05, 0) is 32.8 Å². The maximum absolute atomic E-state index is 12.7. The van der Waals surface area contributed by atoms with Crippen molar-refractivity contribution >= 4 is 29.7 Å². The first-order valence-electron chi connectivity index (χ1n) is 14.7. The van der Waals surface area contributed by atoms with Gasteiger partial charge in [0.05, 0.1) is 25.2 Å². The SMILES string of the molecule is CC(C)(C)OC(=O)CCc1cnc(N2CCN(C(=O)CCOCCN3CCN(c4ncc(C(=O)O)cn4)CC3)CC2)nc1. The number of carboxylic acid groups (broad SMARTS) is 1. The fourth-order valence-corrected chi connectivity index (χ4v) is 4.81. The Morgan fingerprint density at radius 3 is 1.91 bits per heavy atom. The molecule has 0 radical (unpaired) electrons. The van der Waals surface area contributed by atoms with E-state index in [9.17, 15) is 14.4 Å². The van der Waals surface area contributed by atoms with Gasteiger partial charge in [0.15, 0.2) is 0 Å². The quantitative estimate of drug-likeness (QED) is 0.274. The van der Waals surface area contributed by atoms with Crippen LogP contribution >= 0.6 is 0 Å². The third-order valence-corrected chi connectivity index (χ3v) is 7.20. The number of hydrogen-bond acceptors (Lipinski definition) is 12. The Kier molecular flexibility index (Phi) is 11.2. The van der Waals surface area contributed by atoms with Crippen LogP contribution in [-0.4, -0.2) is 130 Å². The molecule has 0 atom stereocenters. The van der Waals surface area contributed by atoms with Gasteiger partial charge in [0.1, 0.15) is 5.60 Å². The molecule has 1 amide bonds. The first-order valence-corrected chi connectivity index (χ1v) is 14.7. The monoisotopic (exact) mass is 598 g/mol. The van der Waals surface area contributed by atoms with Crippen molar-refractivity contribution in [3.63, 3.8) is 0 Å². The van der Waals surface area contributed by atoms with Crippen LogP contribution in [0.1, 0.15) is 49.5 Å². The number of aromatic nitrogens is 4. The van der Waals surface area contributed by atoms with Gasteiger partial charge in [-0.25, -0.2) is 24.7 Å². The number of carboxylic acids is 1. The van der Waals surface area contributed by atoms with Crippen molar-refractivity contribution in [2.24, 2.45) is 0 Å². The number of carbonyl (C=O) groups is 3. The summed E-state index contributed by atoms with van der Waals surface area (Å²) in [5, 5.41) is 8.99. The summed E-state index contributed by atoms with van der Waals surface area (Å²) >= 11 is 0. The van der Waals surface area contributed by atoms with Gasteiger partial charge >= 0.3 is 11.9 Å². The summed E-state index contributed by atoms with van der Waals surface area (Å²) in [6.45, 7) is 12.9. The third-order valence-electron chi connectivity index (χ3n) is 7.20. The Morgan fingerprint density at radius 2 is 1.35 bits per heavy atom. The summed E-state index contributed by atoms with van der Waals surface area (Å²) in [6.07, 6.45) is 7.31. The van der Waals surface area contributed by atoms with Crippen molar-refractivity contribution in [2.45, 2.75) is 45.6 Å². The molecule has 4 rings (SSSR count). The van der Waals surface area contributed by atoms with Crippen LogP contribution in [0, 0.1) is 0 Å². The van der Waals surface area contributed by atoms with Crippen molar-refractivity contribution in [1.29, 1.82) is 0 Å². The molecule has 2 aromatic heterocycles. The molecule has 2 aliphatic heterocycles. The zero-order valence-corrected chi connectivity index (χ0v) is 25.3. The molecule has 1 N–H and O–H groups in total. The first-order chi connectivity index (χ1) is 20.6. The second-order valence-corrected chi connectivity index (χ2v) is 11.6. The largest absolute Gasteiger partial charge is 0.478 e. The highest BCUT2D eigenvalue weighted by Crippen LogP contribution is 2.15. The van der Waals surface area contributed by atoms with Crippen LogP contribution in [0.15, 0.2) is 24.8 Å². The molecule has 0 aromatic carbocycles. The third kappa shape index (κ3) is 10.1. The van der Waals surface area contributed by atoms with Crippen LogP contribution in [0.3, 0.4) is 0 Å². The van der Waals surface area contributed by atoms with Crippen molar-refractivity contribution in [2.75, 3.05) is 81.9 Å². The number of hydrogen-bond donors (Lipinski definition) is 1. The Bertz CT molecular complexity index is 1200. The fraction of sp³-hybridized carbons (Fsp3) is 0.621. The van der Waals surface area contributed by atoms with E-state index >= 15 is 0 Å². The van der Waals surface area contributed by atoms with Gasteiger partial charge in [0.2, 0.25) is 17.8 Å². The molecule has 0 aliphatic carbocycles. The van der Waals surface area contributed by atoms with E-state index in [1.807, 2.05) is 30.6 Å². The number of amides is 1. The lowest BCUT2D eigenvalue weighted by Crippen LogP contribution is -2.49. The molecule has 2 saturated heterocycles. The topological polar surface area (TPSA) is 154 Å². The lowest BCUT2D eigenvalue weighted by Gasteiger charge is -2.35. The summed E-state index contributed by atoms with van der Waals surface area (Å²) in [5.41, 5.74) is 0.460. The van der Waals surface area contributed by atoms with Gasteiger partial charge in [-0.2, -0.15) is 0 Å². The first kappa shape index (κ1) is 32.0. The number of nitrogens with zero attached hydrogens (tertiary/aromatic N) is 8. The molecule has 4 heterocycles. The van der Waals surface area contributed by atoms with E-state index in [2.05, 4.69) is 29.7 Å². The Labute approximate surface area is 252 Å². The van der Waals surface area contributed by atoms with Gasteiger partial charge in [-0.15, -0.1) is 0 Å². The molecular formula is C29H42N8O6. The highest BCUT2D eigenvalue weighted by atomic mass is 16.6. The van der Waals surface area contributed by atoms with E-state index < -0.39 is 11.6 Å². The normalized spacial score (nSPS) is 16.3. The molecule has 43 heavy (non-hydrogen) atoms. The van der Waals surface area contributed by atoms with Crippen LogP contribution in [0.2, 0.25) is 0 Å². The smallest absolute Gasteiger partial charge is 0.338 e. The van der Waals surface area contributed by atoms with Gasteiger partial charge in [-0.1, -0.05) is 0 Å². The van der Waals surface area contributed by atoms with Crippen LogP contribution in [0.4, 0.5) is 11.9 Å². The molecule has 0 unspecified atom stereocenters. The fourth-order valence-electron chi connectivity index (χ4n) is 4.81. The van der Waals surface area contributed by atoms with Gasteiger partial charge in [0, 0.05) is 90.1 Å². The number of aryl methyl sites for hydroxylation is 1. The second kappa shape index (κ2) is 15.0. The van der Waals surface area contributed by atoms with Gasteiger partial charge < -0.3 is 29.3 Å². The highest BCUT2D eigenvalue weighted by molar-refractivity contribution is 5.86. The minimum Gasteiger partial charge on any atom is -0.478 e. The Morgan fingerprint density at radius 1 is 0.791 bits per heavy atom. The molecule has 0 spiro atoms. The molecule has 2 aliphatic rings. The second-order valence-electron chi connectivity index (χ2n) is 11.6. The van der Waals surface area contributed by atoms with E-state index in [1.165, 1.54) is 12.4 Å². The number of carbonyl (C=O) groups excluding carboxylic acids is 2. The van der Waals surface area contributed by atoms with Gasteiger partial charge in [-0.3, -0.25) is 14.5 Å². The maximum atomic E-state index is 12.7. The summed E-state index contributed by atoms with van der Waals surface area (Å²) in [4.78, 5) is 61.1. The lowest BCUT2D eigenvalue weighted by atomic mass is 10.1. The summed E-state index contributed by atoms with van der Waals surface area (Å²) in [6, 6.07) is 0. The van der Waals surface area contributed by atoms with E-state index in [0.29, 0.717) is 64.1 Å². The van der Waals surface area contributed by atoms with Crippen molar-refractivity contribution < 1.29 is 29.0 Å². The molecule has 0 bridgehead atoms. The number of aromatic carboxylic acids is 1. The van der Waals surface area contributed by atoms with E-state index in [1.54, 1.807) is 12.4 Å². The zero-order chi connectivity index (χ0) is 30.8. The van der Waals surface area contributed by atoms with E-state index in [0.717, 1.165) is 38.3 Å². The minimum atomic E-state index is -1.04. The lowest BCUT2D eigenvalue weighted by molar-refractivity contribution is -0.154. The van der Waals surface area contributed by atoms with Crippen LogP contribution in [0.25, 0.3) is 0 Å². The minimum absolute atomic E-state index is 0.0752. The van der Waals surface area contributed by atoms with Crippen molar-refractivity contribution in [3.8, 4) is 0 Å². The molecule has 0 saturated carbocycles. The van der Waals surface area contributed by atoms with Crippen molar-refractivity contribution in [3.05, 3.63) is 35.9 Å². The van der Waals surface area contributed by atoms with Crippen LogP contribution in [-0.2, 0) is 25.5 Å². The standard InChI is InChI=1S/C29H42N8O6/c1-29(2,3)43-25(39)5-4-22-18-30-27(31-19-22)37-13-11-35(12-14-37)24(38)6-16-42-17-15-34-7-9-36(10-8-34)28-32-20-23(21-33-28)26(40)41/h18-21H,4-17H2,1-3H3,(H,40,41). The predicted octanol–water partition coefficient (Wildman–Crippen LogP) is 1.12. The average molecular weight is 599 g/mol. The van der Waals surface area contributed by atoms with Crippen molar-refractivity contribution in [1.82, 2.24) is 29.7 Å². The number of ether oxygens (including phenoxy) is 2. The summed E-state index contributed by atoms with van der Waals surface area (Å²) in [7, 11) is 0. The highest BCUT2D eigenvalue weighted by Gasteiger charge is 2.23. The van der Waals surface area contributed by atoms with E-state index in [4.69, 9.17) is 14.6 Å². The summed E-state index contributed by atoms with van der Waals surface area (Å²) in [5.74, 6) is -0.0272. The number of rotatable bonds is 12. The Hall–Kier alpha value is -3.91. The number of esters is 1. The van der Waals surface area contributed by atoms with Crippen LogP contribution < -0.4 is 9.80 Å². The molecule has 14 nitrogen and oxygen atoms in total. The van der Waals surface area contributed by atoms with Gasteiger partial charge in [0.25, 0.3) is 0 Å².